The lowest BCUT2D eigenvalue weighted by Crippen LogP contribution is -2.50. The third kappa shape index (κ3) is 2.37. The Balaban J connectivity index is 1.70. The van der Waals surface area contributed by atoms with Crippen LogP contribution in [0.3, 0.4) is 0 Å². The van der Waals surface area contributed by atoms with E-state index in [0.29, 0.717) is 18.9 Å². The average Bonchev–Trinajstić information content (AvgIpc) is 3.01. The maximum atomic E-state index is 12.3. The van der Waals surface area contributed by atoms with Gasteiger partial charge in [-0.1, -0.05) is 0 Å². The molecule has 1 aromatic rings. The first-order chi connectivity index (χ1) is 9.29. The molecule has 1 aliphatic heterocycles. The van der Waals surface area contributed by atoms with Gasteiger partial charge in [-0.15, -0.1) is 0 Å². The highest BCUT2D eigenvalue weighted by atomic mass is 16.5. The topological polar surface area (TPSA) is 76.2 Å². The lowest BCUT2D eigenvalue weighted by molar-refractivity contribution is -0.0349. The number of amides is 1. The minimum Gasteiger partial charge on any atom is -0.379 e. The quantitative estimate of drug-likeness (QED) is 0.831. The Kier molecular flexibility index (Phi) is 3.52. The van der Waals surface area contributed by atoms with E-state index in [1.807, 2.05) is 0 Å². The third-order valence-electron chi connectivity index (χ3n) is 3.93. The zero-order valence-electron chi connectivity index (χ0n) is 11.1. The van der Waals surface area contributed by atoms with Crippen molar-refractivity contribution in [2.24, 2.45) is 0 Å². The van der Waals surface area contributed by atoms with Gasteiger partial charge in [-0.2, -0.15) is 5.10 Å². The molecule has 0 radical (unpaired) electrons. The van der Waals surface area contributed by atoms with Gasteiger partial charge in [0.15, 0.2) is 5.69 Å². The van der Waals surface area contributed by atoms with Crippen LogP contribution in [0, 0.1) is 0 Å². The molecule has 1 fully saturated rings. The van der Waals surface area contributed by atoms with E-state index in [2.05, 4.69) is 15.5 Å². The highest BCUT2D eigenvalue weighted by Crippen LogP contribution is 2.23. The Bertz CT molecular complexity index is 472. The summed E-state index contributed by atoms with van der Waals surface area (Å²) in [5, 5.41) is 10.1. The molecule has 2 N–H and O–H groups in total. The van der Waals surface area contributed by atoms with Crippen LogP contribution in [-0.2, 0) is 22.3 Å². The van der Waals surface area contributed by atoms with E-state index in [4.69, 9.17) is 9.47 Å². The second kappa shape index (κ2) is 5.30. The van der Waals surface area contributed by atoms with Crippen molar-refractivity contribution in [3.05, 3.63) is 17.0 Å². The number of hydrogen-bond acceptors (Lipinski definition) is 4. The van der Waals surface area contributed by atoms with Crippen molar-refractivity contribution in [2.75, 3.05) is 20.3 Å². The van der Waals surface area contributed by atoms with Crippen molar-refractivity contribution in [2.45, 2.75) is 37.8 Å². The Morgan fingerprint density at radius 3 is 3.26 bits per heavy atom. The SMILES string of the molecule is CO[C@@H]1CCOC[C@H]1NC(=O)c1n[nH]c2c1CCC2. The van der Waals surface area contributed by atoms with E-state index >= 15 is 0 Å². The zero-order chi connectivity index (χ0) is 13.2. The minimum atomic E-state index is -0.128. The van der Waals surface area contributed by atoms with Crippen molar-refractivity contribution in [1.29, 1.82) is 0 Å². The number of H-pyrrole nitrogens is 1. The summed E-state index contributed by atoms with van der Waals surface area (Å²) in [4.78, 5) is 12.3. The van der Waals surface area contributed by atoms with Crippen molar-refractivity contribution < 1.29 is 14.3 Å². The molecule has 1 aromatic heterocycles. The molecule has 1 saturated heterocycles. The van der Waals surface area contributed by atoms with Gasteiger partial charge in [0.05, 0.1) is 18.8 Å². The van der Waals surface area contributed by atoms with E-state index in [1.54, 1.807) is 7.11 Å². The highest BCUT2D eigenvalue weighted by molar-refractivity contribution is 5.94. The molecule has 104 valence electrons. The van der Waals surface area contributed by atoms with Gasteiger partial charge < -0.3 is 14.8 Å². The van der Waals surface area contributed by atoms with Crippen molar-refractivity contribution in [3.8, 4) is 0 Å². The number of carbonyl (C=O) groups excluding carboxylic acids is 1. The Morgan fingerprint density at radius 1 is 1.53 bits per heavy atom. The molecule has 19 heavy (non-hydrogen) atoms. The van der Waals surface area contributed by atoms with Crippen LogP contribution in [0.4, 0.5) is 0 Å². The second-order valence-electron chi connectivity index (χ2n) is 5.10. The van der Waals surface area contributed by atoms with Gasteiger partial charge in [-0.3, -0.25) is 9.89 Å². The van der Waals surface area contributed by atoms with E-state index in [9.17, 15) is 4.79 Å². The Hall–Kier alpha value is -1.40. The molecule has 0 saturated carbocycles. The molecular formula is C13H19N3O3. The predicted octanol–water partition coefficient (Wildman–Crippen LogP) is 0.432. The molecule has 6 nitrogen and oxygen atoms in total. The summed E-state index contributed by atoms with van der Waals surface area (Å²) in [6.45, 7) is 1.18. The van der Waals surface area contributed by atoms with Gasteiger partial charge in [0.2, 0.25) is 0 Å². The van der Waals surface area contributed by atoms with E-state index in [0.717, 1.165) is 36.9 Å². The van der Waals surface area contributed by atoms with Crippen LogP contribution >= 0.6 is 0 Å². The molecule has 2 heterocycles. The fourth-order valence-corrected chi connectivity index (χ4v) is 2.88. The fourth-order valence-electron chi connectivity index (χ4n) is 2.88. The summed E-state index contributed by atoms with van der Waals surface area (Å²) in [5.74, 6) is -0.128. The van der Waals surface area contributed by atoms with Crippen molar-refractivity contribution in [1.82, 2.24) is 15.5 Å². The zero-order valence-corrected chi connectivity index (χ0v) is 11.1. The number of fused-ring (bicyclic) bond motifs is 1. The number of aromatic nitrogens is 2. The number of aryl methyl sites for hydroxylation is 1. The molecule has 0 bridgehead atoms. The van der Waals surface area contributed by atoms with Gasteiger partial charge >= 0.3 is 0 Å². The Morgan fingerprint density at radius 2 is 2.42 bits per heavy atom. The van der Waals surface area contributed by atoms with Gasteiger partial charge in [0.1, 0.15) is 0 Å². The highest BCUT2D eigenvalue weighted by Gasteiger charge is 2.30. The monoisotopic (exact) mass is 265 g/mol. The van der Waals surface area contributed by atoms with E-state index in [1.165, 1.54) is 0 Å². The molecule has 1 aliphatic carbocycles. The number of aromatic amines is 1. The molecule has 6 heteroatoms. The minimum absolute atomic E-state index is 0.0182. The number of nitrogens with one attached hydrogen (secondary N) is 2. The van der Waals surface area contributed by atoms with Crippen LogP contribution < -0.4 is 5.32 Å². The molecule has 0 spiro atoms. The maximum absolute atomic E-state index is 12.3. The second-order valence-corrected chi connectivity index (χ2v) is 5.10. The number of rotatable bonds is 3. The van der Waals surface area contributed by atoms with Crippen molar-refractivity contribution in [3.63, 3.8) is 0 Å². The fraction of sp³-hybridized carbons (Fsp3) is 0.692. The number of methoxy groups -OCH3 is 1. The van der Waals surface area contributed by atoms with E-state index in [-0.39, 0.29) is 18.1 Å². The first-order valence-electron chi connectivity index (χ1n) is 6.77. The third-order valence-corrected chi connectivity index (χ3v) is 3.93. The van der Waals surface area contributed by atoms with E-state index < -0.39 is 0 Å². The normalized spacial score (nSPS) is 26.2. The lowest BCUT2D eigenvalue weighted by Gasteiger charge is -2.30. The van der Waals surface area contributed by atoms with Crippen LogP contribution in [-0.4, -0.2) is 48.6 Å². The molecular weight excluding hydrogens is 246 g/mol. The molecule has 2 aliphatic rings. The average molecular weight is 265 g/mol. The number of hydrogen-bond donors (Lipinski definition) is 2. The standard InChI is InChI=1S/C13H19N3O3/c1-18-11-5-6-19-7-10(11)14-13(17)12-8-3-2-4-9(8)15-16-12/h10-11H,2-7H2,1H3,(H,14,17)(H,15,16)/t10-,11-/m1/s1. The van der Waals surface area contributed by atoms with Gasteiger partial charge in [0, 0.05) is 25.0 Å². The summed E-state index contributed by atoms with van der Waals surface area (Å²) in [6.07, 6.45) is 3.84. The van der Waals surface area contributed by atoms with Crippen LogP contribution in [0.1, 0.15) is 34.6 Å². The van der Waals surface area contributed by atoms with Crippen LogP contribution in [0.2, 0.25) is 0 Å². The number of ether oxygens (including phenoxy) is 2. The predicted molar refractivity (Wildman–Crippen MR) is 68.1 cm³/mol. The van der Waals surface area contributed by atoms with Crippen LogP contribution in [0.5, 0.6) is 0 Å². The summed E-state index contributed by atoms with van der Waals surface area (Å²) in [6, 6.07) is -0.0972. The summed E-state index contributed by atoms with van der Waals surface area (Å²) < 4.78 is 10.8. The van der Waals surface area contributed by atoms with Gasteiger partial charge in [0.25, 0.3) is 5.91 Å². The van der Waals surface area contributed by atoms with Gasteiger partial charge in [-0.25, -0.2) is 0 Å². The van der Waals surface area contributed by atoms with Crippen molar-refractivity contribution >= 4 is 5.91 Å². The lowest BCUT2D eigenvalue weighted by atomic mass is 10.1. The summed E-state index contributed by atoms with van der Waals surface area (Å²) in [7, 11) is 1.67. The first kappa shape index (κ1) is 12.6. The van der Waals surface area contributed by atoms with Crippen LogP contribution in [0.15, 0.2) is 0 Å². The summed E-state index contributed by atoms with van der Waals surface area (Å²) >= 11 is 0. The number of carbonyl (C=O) groups is 1. The van der Waals surface area contributed by atoms with Crippen LogP contribution in [0.25, 0.3) is 0 Å². The molecule has 0 unspecified atom stereocenters. The maximum Gasteiger partial charge on any atom is 0.272 e. The largest absolute Gasteiger partial charge is 0.379 e. The van der Waals surface area contributed by atoms with Gasteiger partial charge in [-0.05, 0) is 25.7 Å². The molecule has 2 atom stereocenters. The summed E-state index contributed by atoms with van der Waals surface area (Å²) in [5.41, 5.74) is 2.71. The first-order valence-corrected chi connectivity index (χ1v) is 6.77. The number of nitrogens with zero attached hydrogens (tertiary/aromatic N) is 1. The molecule has 0 aromatic carbocycles. The Labute approximate surface area is 111 Å². The smallest absolute Gasteiger partial charge is 0.272 e. The molecule has 1 amide bonds. The molecule has 3 rings (SSSR count).